The maximum absolute atomic E-state index is 12.6. The summed E-state index contributed by atoms with van der Waals surface area (Å²) in [5, 5.41) is 16.1. The number of rotatable bonds is 9. The summed E-state index contributed by atoms with van der Waals surface area (Å²) in [7, 11) is 1.55. The zero-order chi connectivity index (χ0) is 28.4. The highest BCUT2D eigenvalue weighted by Crippen LogP contribution is 2.60. The number of hydrogen-bond donors (Lipinski definition) is 3. The van der Waals surface area contributed by atoms with E-state index < -0.39 is 12.0 Å². The van der Waals surface area contributed by atoms with E-state index in [0.717, 1.165) is 29.0 Å². The number of benzene rings is 3. The molecule has 0 unspecified atom stereocenters. The lowest BCUT2D eigenvalue weighted by molar-refractivity contribution is -0.00518. The molecule has 3 aromatic carbocycles. The molecule has 4 saturated carbocycles. The van der Waals surface area contributed by atoms with Crippen LogP contribution in [0.4, 0.5) is 10.5 Å². The Morgan fingerprint density at radius 2 is 1.61 bits per heavy atom. The summed E-state index contributed by atoms with van der Waals surface area (Å²) < 4.78 is 11.5. The van der Waals surface area contributed by atoms with Crippen LogP contribution >= 0.6 is 0 Å². The SMILES string of the molecule is COc1cccc(/C=N/NC(=O)Nc2ccc(C34CC5CC(CC(C5)C3)C4)cc2)c1OCc1ccc(C(=O)O)cc1. The van der Waals surface area contributed by atoms with Gasteiger partial charge in [0.15, 0.2) is 11.5 Å². The van der Waals surface area contributed by atoms with E-state index in [1.165, 1.54) is 62.4 Å². The van der Waals surface area contributed by atoms with Crippen molar-refractivity contribution in [1.29, 1.82) is 0 Å². The van der Waals surface area contributed by atoms with Crippen LogP contribution in [0.25, 0.3) is 0 Å². The number of amides is 2. The molecule has 3 N–H and O–H groups in total. The van der Waals surface area contributed by atoms with E-state index in [0.29, 0.717) is 22.5 Å². The third-order valence-corrected chi connectivity index (χ3v) is 8.98. The molecule has 8 nitrogen and oxygen atoms in total. The van der Waals surface area contributed by atoms with Crippen LogP contribution in [0.1, 0.15) is 65.6 Å². The fourth-order valence-corrected chi connectivity index (χ4v) is 7.54. The number of anilines is 1. The van der Waals surface area contributed by atoms with Gasteiger partial charge in [0, 0.05) is 11.3 Å². The fourth-order valence-electron chi connectivity index (χ4n) is 7.54. The molecule has 0 heterocycles. The Morgan fingerprint density at radius 1 is 0.951 bits per heavy atom. The van der Waals surface area contributed by atoms with E-state index in [9.17, 15) is 9.59 Å². The van der Waals surface area contributed by atoms with Crippen molar-refractivity contribution >= 4 is 23.9 Å². The van der Waals surface area contributed by atoms with Crippen molar-refractivity contribution in [2.45, 2.75) is 50.5 Å². The Hall–Kier alpha value is -4.33. The Bertz CT molecular complexity index is 1410. The average molecular weight is 554 g/mol. The standard InChI is InChI=1S/C33H35N3O5/c1-40-29-4-2-3-26(30(29)41-20-21-5-7-25(8-6-21)31(37)38)19-34-36-32(39)35-28-11-9-27(10-12-28)33-16-22-13-23(17-33)15-24(14-22)18-33/h2-12,19,22-24H,13-18,20H2,1H3,(H,37,38)(H2,35,36,39)/b34-19+. The lowest BCUT2D eigenvalue weighted by Crippen LogP contribution is -2.48. The minimum atomic E-state index is -0.980. The number of carboxylic acids is 1. The summed E-state index contributed by atoms with van der Waals surface area (Å²) in [6.07, 6.45) is 9.71. The Labute approximate surface area is 239 Å². The number of carbonyl (C=O) groups excluding carboxylic acids is 1. The summed E-state index contributed by atoms with van der Waals surface area (Å²) in [5.41, 5.74) is 6.63. The van der Waals surface area contributed by atoms with E-state index in [-0.39, 0.29) is 12.2 Å². The van der Waals surface area contributed by atoms with Gasteiger partial charge in [-0.3, -0.25) is 0 Å². The second-order valence-electron chi connectivity index (χ2n) is 11.8. The molecule has 4 fully saturated rings. The fraction of sp³-hybridized carbons (Fsp3) is 0.364. The van der Waals surface area contributed by atoms with Gasteiger partial charge in [-0.15, -0.1) is 0 Å². The number of nitrogens with one attached hydrogen (secondary N) is 2. The number of methoxy groups -OCH3 is 1. The Kier molecular flexibility index (Phi) is 7.39. The van der Waals surface area contributed by atoms with Crippen molar-refractivity contribution in [3.05, 3.63) is 89.0 Å². The highest BCUT2D eigenvalue weighted by molar-refractivity contribution is 5.91. The van der Waals surface area contributed by atoms with Gasteiger partial charge in [-0.1, -0.05) is 30.3 Å². The van der Waals surface area contributed by atoms with Crippen molar-refractivity contribution < 1.29 is 24.2 Å². The van der Waals surface area contributed by atoms with E-state index in [4.69, 9.17) is 14.6 Å². The van der Waals surface area contributed by atoms with Crippen molar-refractivity contribution in [3.63, 3.8) is 0 Å². The van der Waals surface area contributed by atoms with Gasteiger partial charge in [-0.05, 0) is 109 Å². The minimum Gasteiger partial charge on any atom is -0.493 e. The van der Waals surface area contributed by atoms with Gasteiger partial charge < -0.3 is 19.9 Å². The summed E-state index contributed by atoms with van der Waals surface area (Å²) in [4.78, 5) is 23.7. The zero-order valence-electron chi connectivity index (χ0n) is 23.1. The van der Waals surface area contributed by atoms with Gasteiger partial charge in [-0.25, -0.2) is 15.0 Å². The molecule has 0 aromatic heterocycles. The molecule has 0 spiro atoms. The van der Waals surface area contributed by atoms with Gasteiger partial charge in [-0.2, -0.15) is 5.10 Å². The van der Waals surface area contributed by atoms with E-state index in [1.807, 2.05) is 12.1 Å². The molecule has 4 aliphatic rings. The van der Waals surface area contributed by atoms with E-state index >= 15 is 0 Å². The van der Waals surface area contributed by atoms with Crippen LogP contribution in [0.2, 0.25) is 0 Å². The molecule has 3 aromatic rings. The minimum absolute atomic E-state index is 0.203. The molecule has 4 aliphatic carbocycles. The highest BCUT2D eigenvalue weighted by Gasteiger charge is 2.51. The molecular formula is C33H35N3O5. The predicted molar refractivity (Wildman–Crippen MR) is 157 cm³/mol. The maximum Gasteiger partial charge on any atom is 0.339 e. The average Bonchev–Trinajstić information content (AvgIpc) is 2.96. The van der Waals surface area contributed by atoms with E-state index in [1.54, 1.807) is 37.4 Å². The molecule has 8 heteroatoms. The predicted octanol–water partition coefficient (Wildman–Crippen LogP) is 6.60. The highest BCUT2D eigenvalue weighted by atomic mass is 16.5. The molecule has 212 valence electrons. The zero-order valence-corrected chi connectivity index (χ0v) is 23.1. The van der Waals surface area contributed by atoms with Crippen LogP contribution in [0, 0.1) is 17.8 Å². The quantitative estimate of drug-likeness (QED) is 0.204. The van der Waals surface area contributed by atoms with Crippen molar-refractivity contribution in [2.24, 2.45) is 22.9 Å². The van der Waals surface area contributed by atoms with Gasteiger partial charge in [0.2, 0.25) is 0 Å². The monoisotopic (exact) mass is 553 g/mol. The number of hydrogen-bond acceptors (Lipinski definition) is 5. The van der Waals surface area contributed by atoms with Crippen LogP contribution in [0.5, 0.6) is 11.5 Å². The topological polar surface area (TPSA) is 109 Å². The van der Waals surface area contributed by atoms with Crippen LogP contribution in [0.15, 0.2) is 71.8 Å². The largest absolute Gasteiger partial charge is 0.493 e. The first-order chi connectivity index (χ1) is 19.9. The summed E-state index contributed by atoms with van der Waals surface area (Å²) in [6.45, 7) is 0.203. The van der Waals surface area contributed by atoms with Gasteiger partial charge in [0.1, 0.15) is 6.61 Å². The first-order valence-corrected chi connectivity index (χ1v) is 14.2. The van der Waals surface area contributed by atoms with Gasteiger partial charge >= 0.3 is 12.0 Å². The van der Waals surface area contributed by atoms with Gasteiger partial charge in [0.25, 0.3) is 0 Å². The first-order valence-electron chi connectivity index (χ1n) is 14.2. The Morgan fingerprint density at radius 3 is 2.22 bits per heavy atom. The molecule has 4 bridgehead atoms. The van der Waals surface area contributed by atoms with Crippen LogP contribution in [-0.4, -0.2) is 30.4 Å². The summed E-state index contributed by atoms with van der Waals surface area (Å²) in [6, 6.07) is 19.8. The molecule has 2 amide bonds. The number of hydrazone groups is 1. The molecule has 0 atom stereocenters. The number of ether oxygens (including phenoxy) is 2. The Balaban J connectivity index is 1.06. The number of urea groups is 1. The van der Waals surface area contributed by atoms with Crippen molar-refractivity contribution in [1.82, 2.24) is 5.43 Å². The number of carboxylic acid groups (broad SMARTS) is 1. The number of nitrogens with zero attached hydrogens (tertiary/aromatic N) is 1. The van der Waals surface area contributed by atoms with Crippen LogP contribution in [0.3, 0.4) is 0 Å². The van der Waals surface area contributed by atoms with Crippen LogP contribution in [-0.2, 0) is 12.0 Å². The smallest absolute Gasteiger partial charge is 0.339 e. The second kappa shape index (κ2) is 11.3. The molecule has 0 saturated heterocycles. The molecule has 7 rings (SSSR count). The maximum atomic E-state index is 12.6. The molecule has 41 heavy (non-hydrogen) atoms. The normalized spacial score (nSPS) is 24.3. The van der Waals surface area contributed by atoms with Crippen molar-refractivity contribution in [3.8, 4) is 11.5 Å². The summed E-state index contributed by atoms with van der Waals surface area (Å²) in [5.74, 6) is 2.67. The first kappa shape index (κ1) is 26.9. The molecular weight excluding hydrogens is 518 g/mol. The van der Waals surface area contributed by atoms with Gasteiger partial charge in [0.05, 0.1) is 18.9 Å². The lowest BCUT2D eigenvalue weighted by atomic mass is 9.48. The molecule has 0 aliphatic heterocycles. The van der Waals surface area contributed by atoms with E-state index in [2.05, 4.69) is 28.0 Å². The van der Waals surface area contributed by atoms with Crippen LogP contribution < -0.4 is 20.2 Å². The lowest BCUT2D eigenvalue weighted by Gasteiger charge is -2.57. The number of para-hydroxylation sites is 1. The number of aromatic carboxylic acids is 1. The summed E-state index contributed by atoms with van der Waals surface area (Å²) >= 11 is 0. The molecule has 0 radical (unpaired) electrons. The second-order valence-corrected chi connectivity index (χ2v) is 11.8. The third kappa shape index (κ3) is 5.78. The third-order valence-electron chi connectivity index (χ3n) is 8.98. The number of carbonyl (C=O) groups is 2. The van der Waals surface area contributed by atoms with Crippen molar-refractivity contribution in [2.75, 3.05) is 12.4 Å².